The second-order valence-corrected chi connectivity index (χ2v) is 5.99. The fourth-order valence-electron chi connectivity index (χ4n) is 2.03. The maximum absolute atomic E-state index is 12.0. The van der Waals surface area contributed by atoms with Gasteiger partial charge in [0.15, 0.2) is 0 Å². The zero-order chi connectivity index (χ0) is 16.0. The Morgan fingerprint density at radius 1 is 1.32 bits per heavy atom. The van der Waals surface area contributed by atoms with E-state index in [4.69, 9.17) is 5.73 Å². The molecule has 0 saturated heterocycles. The maximum atomic E-state index is 12.0. The van der Waals surface area contributed by atoms with Crippen molar-refractivity contribution in [1.29, 1.82) is 0 Å². The zero-order valence-corrected chi connectivity index (χ0v) is 14.0. The fraction of sp³-hybridized carbons (Fsp3) is 0.533. The van der Waals surface area contributed by atoms with Gasteiger partial charge in [-0.05, 0) is 30.9 Å². The summed E-state index contributed by atoms with van der Waals surface area (Å²) >= 11 is 0. The third-order valence-corrected chi connectivity index (χ3v) is 3.18. The largest absolute Gasteiger partial charge is 0.352 e. The van der Waals surface area contributed by atoms with Crippen molar-refractivity contribution in [3.63, 3.8) is 0 Å². The number of hydrogen-bond donors (Lipinski definition) is 2. The average molecular weight is 330 g/mol. The van der Waals surface area contributed by atoms with Crippen molar-refractivity contribution in [1.82, 2.24) is 5.32 Å². The van der Waals surface area contributed by atoms with E-state index in [0.29, 0.717) is 24.2 Å². The summed E-state index contributed by atoms with van der Waals surface area (Å²) in [6.45, 7) is 6.82. The molecule has 0 heterocycles. The first-order valence-corrected chi connectivity index (χ1v) is 7.04. The van der Waals surface area contributed by atoms with E-state index in [2.05, 4.69) is 5.32 Å². The molecule has 1 aromatic carbocycles. The lowest BCUT2D eigenvalue weighted by molar-refractivity contribution is -0.386. The number of nitro groups is 1. The maximum Gasteiger partial charge on any atom is 0.273 e. The van der Waals surface area contributed by atoms with E-state index < -0.39 is 4.92 Å². The van der Waals surface area contributed by atoms with Crippen LogP contribution in [-0.2, 0) is 5.41 Å². The molecule has 0 aliphatic heterocycles. The monoisotopic (exact) mass is 329 g/mol. The van der Waals surface area contributed by atoms with Gasteiger partial charge in [-0.1, -0.05) is 26.8 Å². The molecule has 7 heteroatoms. The second-order valence-electron chi connectivity index (χ2n) is 5.99. The predicted molar refractivity (Wildman–Crippen MR) is 89.7 cm³/mol. The van der Waals surface area contributed by atoms with Crippen molar-refractivity contribution in [2.75, 3.05) is 13.1 Å². The molecule has 1 aromatic rings. The van der Waals surface area contributed by atoms with Crippen molar-refractivity contribution in [3.8, 4) is 0 Å². The summed E-state index contributed by atoms with van der Waals surface area (Å²) in [5, 5.41) is 13.9. The highest BCUT2D eigenvalue weighted by Crippen LogP contribution is 2.31. The molecule has 0 radical (unpaired) electrons. The van der Waals surface area contributed by atoms with Crippen LogP contribution in [0.5, 0.6) is 0 Å². The number of amides is 1. The number of nitro benzene ring substituents is 1. The number of carbonyl (C=O) groups is 1. The molecule has 0 aromatic heterocycles. The Balaban J connectivity index is 0.00000441. The van der Waals surface area contributed by atoms with Gasteiger partial charge in [-0.3, -0.25) is 14.9 Å². The number of benzene rings is 1. The fourth-order valence-corrected chi connectivity index (χ4v) is 2.03. The Morgan fingerprint density at radius 2 is 1.95 bits per heavy atom. The van der Waals surface area contributed by atoms with Gasteiger partial charge in [0, 0.05) is 23.7 Å². The van der Waals surface area contributed by atoms with Crippen LogP contribution >= 0.6 is 12.4 Å². The van der Waals surface area contributed by atoms with Crippen molar-refractivity contribution < 1.29 is 9.72 Å². The Bertz CT molecular complexity index is 527. The second kappa shape index (κ2) is 8.70. The Labute approximate surface area is 137 Å². The molecular weight excluding hydrogens is 306 g/mol. The number of nitrogens with one attached hydrogen (secondary N) is 1. The topological polar surface area (TPSA) is 98.3 Å². The minimum Gasteiger partial charge on any atom is -0.352 e. The van der Waals surface area contributed by atoms with E-state index in [9.17, 15) is 14.9 Å². The third-order valence-electron chi connectivity index (χ3n) is 3.18. The number of hydrogen-bond acceptors (Lipinski definition) is 4. The quantitative estimate of drug-likeness (QED) is 0.476. The Kier molecular flexibility index (Phi) is 8.05. The summed E-state index contributed by atoms with van der Waals surface area (Å²) in [6.07, 6.45) is 1.63. The summed E-state index contributed by atoms with van der Waals surface area (Å²) < 4.78 is 0. The predicted octanol–water partition coefficient (Wildman–Crippen LogP) is 2.78. The van der Waals surface area contributed by atoms with Gasteiger partial charge in [-0.15, -0.1) is 12.4 Å². The first-order valence-electron chi connectivity index (χ1n) is 7.04. The van der Waals surface area contributed by atoms with Gasteiger partial charge in [0.1, 0.15) is 0 Å². The van der Waals surface area contributed by atoms with Crippen LogP contribution in [0.15, 0.2) is 18.2 Å². The van der Waals surface area contributed by atoms with Gasteiger partial charge in [0.25, 0.3) is 11.6 Å². The number of halogens is 1. The Hall–Kier alpha value is -1.66. The Morgan fingerprint density at radius 3 is 2.45 bits per heavy atom. The van der Waals surface area contributed by atoms with Crippen LogP contribution in [0.1, 0.15) is 49.5 Å². The van der Waals surface area contributed by atoms with Crippen molar-refractivity contribution >= 4 is 24.0 Å². The SMILES string of the molecule is CC(C)(C)c1ccc(C(=O)NCCCCN)cc1[N+](=O)[O-].Cl. The molecule has 0 aliphatic carbocycles. The van der Waals surface area contributed by atoms with Crippen LogP contribution in [0, 0.1) is 10.1 Å². The molecule has 6 nitrogen and oxygen atoms in total. The van der Waals surface area contributed by atoms with E-state index in [1.54, 1.807) is 12.1 Å². The number of nitrogens with zero attached hydrogens (tertiary/aromatic N) is 1. The summed E-state index contributed by atoms with van der Waals surface area (Å²) in [7, 11) is 0. The van der Waals surface area contributed by atoms with E-state index >= 15 is 0 Å². The van der Waals surface area contributed by atoms with Crippen LogP contribution in [0.2, 0.25) is 0 Å². The van der Waals surface area contributed by atoms with Crippen molar-refractivity contribution in [2.45, 2.75) is 39.0 Å². The highest BCUT2D eigenvalue weighted by atomic mass is 35.5. The van der Waals surface area contributed by atoms with Crippen molar-refractivity contribution in [3.05, 3.63) is 39.4 Å². The highest BCUT2D eigenvalue weighted by Gasteiger charge is 2.25. The first kappa shape index (κ1) is 20.3. The molecule has 0 bridgehead atoms. The molecule has 0 atom stereocenters. The molecule has 1 amide bonds. The van der Waals surface area contributed by atoms with Gasteiger partial charge in [0.2, 0.25) is 0 Å². The lowest BCUT2D eigenvalue weighted by atomic mass is 9.85. The lowest BCUT2D eigenvalue weighted by Crippen LogP contribution is -2.25. The molecule has 124 valence electrons. The summed E-state index contributed by atoms with van der Waals surface area (Å²) in [6, 6.07) is 4.64. The lowest BCUT2D eigenvalue weighted by Gasteiger charge is -2.19. The van der Waals surface area contributed by atoms with Gasteiger partial charge in [0.05, 0.1) is 4.92 Å². The minimum atomic E-state index is -0.439. The van der Waals surface area contributed by atoms with Crippen molar-refractivity contribution in [2.24, 2.45) is 5.73 Å². The smallest absolute Gasteiger partial charge is 0.273 e. The van der Waals surface area contributed by atoms with Crippen LogP contribution in [-0.4, -0.2) is 23.9 Å². The molecule has 22 heavy (non-hydrogen) atoms. The molecule has 1 rings (SSSR count). The summed E-state index contributed by atoms with van der Waals surface area (Å²) in [5.41, 5.74) is 5.94. The van der Waals surface area contributed by atoms with Crippen LogP contribution in [0.25, 0.3) is 0 Å². The van der Waals surface area contributed by atoms with Gasteiger partial charge in [-0.2, -0.15) is 0 Å². The number of unbranched alkanes of at least 4 members (excludes halogenated alkanes) is 1. The van der Waals surface area contributed by atoms with E-state index in [0.717, 1.165) is 12.8 Å². The standard InChI is InChI=1S/C15H23N3O3.ClH/c1-15(2,3)12-7-6-11(10-13(12)18(20)21)14(19)17-9-5-4-8-16;/h6-7,10H,4-5,8-9,16H2,1-3H3,(H,17,19);1H. The zero-order valence-electron chi connectivity index (χ0n) is 13.2. The molecule has 0 saturated carbocycles. The molecule has 0 aliphatic rings. The van der Waals surface area contributed by atoms with E-state index in [1.807, 2.05) is 20.8 Å². The number of carbonyl (C=O) groups excluding carboxylic acids is 1. The van der Waals surface area contributed by atoms with Crippen LogP contribution in [0.4, 0.5) is 5.69 Å². The van der Waals surface area contributed by atoms with E-state index in [-0.39, 0.29) is 29.4 Å². The number of rotatable bonds is 6. The van der Waals surface area contributed by atoms with Gasteiger partial charge in [-0.25, -0.2) is 0 Å². The molecule has 0 spiro atoms. The molecule has 0 unspecified atom stereocenters. The third kappa shape index (κ3) is 5.61. The summed E-state index contributed by atoms with van der Waals surface area (Å²) in [5.74, 6) is -0.296. The average Bonchev–Trinajstić information content (AvgIpc) is 2.41. The van der Waals surface area contributed by atoms with Gasteiger partial charge < -0.3 is 11.1 Å². The molecular formula is C15H24ClN3O3. The molecule has 0 fully saturated rings. The molecule has 3 N–H and O–H groups in total. The normalized spacial score (nSPS) is 10.7. The van der Waals surface area contributed by atoms with Crippen LogP contribution < -0.4 is 11.1 Å². The summed E-state index contributed by atoms with van der Waals surface area (Å²) in [4.78, 5) is 22.7. The first-order chi connectivity index (χ1) is 9.77. The number of nitrogens with two attached hydrogens (primary N) is 1. The minimum absolute atomic E-state index is 0. The van der Waals surface area contributed by atoms with E-state index in [1.165, 1.54) is 6.07 Å². The highest BCUT2D eigenvalue weighted by molar-refractivity contribution is 5.95. The van der Waals surface area contributed by atoms with Crippen LogP contribution in [0.3, 0.4) is 0 Å². The van der Waals surface area contributed by atoms with Gasteiger partial charge >= 0.3 is 0 Å².